The van der Waals surface area contributed by atoms with Crippen LogP contribution in [0.5, 0.6) is 0 Å². The highest BCUT2D eigenvalue weighted by Gasteiger charge is 2.19. The molecular formula is C19H19N5OS. The van der Waals surface area contributed by atoms with Gasteiger partial charge in [0.15, 0.2) is 0 Å². The number of carbonyl (C=O) groups is 1. The minimum Gasteiger partial charge on any atom is -0.352 e. The molecule has 3 aromatic rings. The molecule has 6 nitrogen and oxygen atoms in total. The standard InChI is InChI=1S/C19H19N5OS/c25-17-4-1-10-24(17)11-9-21-19-22-13-15(14-5-7-20-8-6-14)18(23-19)16-3-2-12-26-16/h2-3,5-8,12-13H,1,4,9-11H2,(H,21,22,23). The van der Waals surface area contributed by atoms with E-state index in [1.807, 2.05) is 34.7 Å². The molecule has 1 N–H and O–H groups in total. The molecule has 0 saturated carbocycles. The number of pyridine rings is 1. The summed E-state index contributed by atoms with van der Waals surface area (Å²) < 4.78 is 0. The first kappa shape index (κ1) is 16.7. The normalized spacial score (nSPS) is 14.0. The van der Waals surface area contributed by atoms with Crippen molar-refractivity contribution in [3.05, 3.63) is 48.2 Å². The molecule has 0 unspecified atom stereocenters. The van der Waals surface area contributed by atoms with Crippen LogP contribution in [-0.2, 0) is 4.79 Å². The Morgan fingerprint density at radius 1 is 1.23 bits per heavy atom. The summed E-state index contributed by atoms with van der Waals surface area (Å²) >= 11 is 1.65. The van der Waals surface area contributed by atoms with E-state index in [-0.39, 0.29) is 5.91 Å². The minimum atomic E-state index is 0.236. The molecule has 0 aromatic carbocycles. The average molecular weight is 365 g/mol. The highest BCUT2D eigenvalue weighted by molar-refractivity contribution is 7.13. The van der Waals surface area contributed by atoms with E-state index in [0.717, 1.165) is 34.7 Å². The van der Waals surface area contributed by atoms with Crippen molar-refractivity contribution in [2.45, 2.75) is 12.8 Å². The fraction of sp³-hybridized carbons (Fsp3) is 0.263. The lowest BCUT2D eigenvalue weighted by Crippen LogP contribution is -2.30. The fourth-order valence-corrected chi connectivity index (χ4v) is 3.78. The minimum absolute atomic E-state index is 0.236. The molecule has 0 bridgehead atoms. The van der Waals surface area contributed by atoms with Crippen LogP contribution in [0.15, 0.2) is 48.2 Å². The zero-order valence-corrected chi connectivity index (χ0v) is 15.1. The number of amides is 1. The van der Waals surface area contributed by atoms with Crippen molar-refractivity contribution in [3.8, 4) is 21.7 Å². The SMILES string of the molecule is O=C1CCCN1CCNc1ncc(-c2ccncc2)c(-c2cccs2)n1. The lowest BCUT2D eigenvalue weighted by Gasteiger charge is -2.16. The Labute approximate surface area is 155 Å². The van der Waals surface area contributed by atoms with Crippen LogP contribution in [0, 0.1) is 0 Å². The van der Waals surface area contributed by atoms with Crippen LogP contribution in [0.4, 0.5) is 5.95 Å². The molecule has 4 heterocycles. The van der Waals surface area contributed by atoms with Crippen molar-refractivity contribution in [1.82, 2.24) is 19.9 Å². The van der Waals surface area contributed by atoms with E-state index < -0.39 is 0 Å². The molecule has 0 spiro atoms. The van der Waals surface area contributed by atoms with Gasteiger partial charge in [-0.1, -0.05) is 6.07 Å². The van der Waals surface area contributed by atoms with E-state index in [0.29, 0.717) is 25.5 Å². The first-order valence-electron chi connectivity index (χ1n) is 8.64. The summed E-state index contributed by atoms with van der Waals surface area (Å²) in [6.07, 6.45) is 7.01. The maximum atomic E-state index is 11.7. The Morgan fingerprint density at radius 2 is 2.12 bits per heavy atom. The fourth-order valence-electron chi connectivity index (χ4n) is 3.05. The summed E-state index contributed by atoms with van der Waals surface area (Å²) in [5.41, 5.74) is 2.92. The number of carbonyl (C=O) groups excluding carboxylic acids is 1. The van der Waals surface area contributed by atoms with Crippen LogP contribution < -0.4 is 5.32 Å². The summed E-state index contributed by atoms with van der Waals surface area (Å²) in [6, 6.07) is 8.00. The number of hydrogen-bond acceptors (Lipinski definition) is 6. The predicted octanol–water partition coefficient (Wildman–Crippen LogP) is 3.30. The van der Waals surface area contributed by atoms with Crippen LogP contribution in [0.3, 0.4) is 0 Å². The smallest absolute Gasteiger partial charge is 0.223 e. The highest BCUT2D eigenvalue weighted by atomic mass is 32.1. The van der Waals surface area contributed by atoms with Crippen molar-refractivity contribution in [1.29, 1.82) is 0 Å². The Hall–Kier alpha value is -2.80. The van der Waals surface area contributed by atoms with Gasteiger partial charge in [-0.2, -0.15) is 0 Å². The van der Waals surface area contributed by atoms with Gasteiger partial charge in [0.1, 0.15) is 0 Å². The van der Waals surface area contributed by atoms with Crippen LogP contribution in [0.1, 0.15) is 12.8 Å². The number of nitrogens with one attached hydrogen (secondary N) is 1. The van der Waals surface area contributed by atoms with E-state index in [2.05, 4.69) is 21.4 Å². The average Bonchev–Trinajstić information content (AvgIpc) is 3.35. The monoisotopic (exact) mass is 365 g/mol. The molecule has 1 saturated heterocycles. The molecule has 1 aliphatic heterocycles. The maximum Gasteiger partial charge on any atom is 0.223 e. The summed E-state index contributed by atoms with van der Waals surface area (Å²) in [5.74, 6) is 0.817. The zero-order chi connectivity index (χ0) is 17.8. The molecule has 132 valence electrons. The molecule has 4 rings (SSSR count). The van der Waals surface area contributed by atoms with Gasteiger partial charge in [-0.15, -0.1) is 11.3 Å². The number of likely N-dealkylation sites (tertiary alicyclic amines) is 1. The van der Waals surface area contributed by atoms with Crippen molar-refractivity contribution >= 4 is 23.2 Å². The number of nitrogens with zero attached hydrogens (tertiary/aromatic N) is 4. The number of rotatable bonds is 6. The highest BCUT2D eigenvalue weighted by Crippen LogP contribution is 2.33. The quantitative estimate of drug-likeness (QED) is 0.726. The van der Waals surface area contributed by atoms with Crippen molar-refractivity contribution < 1.29 is 4.79 Å². The lowest BCUT2D eigenvalue weighted by molar-refractivity contribution is -0.127. The summed E-state index contributed by atoms with van der Waals surface area (Å²) in [6.45, 7) is 2.18. The summed E-state index contributed by atoms with van der Waals surface area (Å²) in [4.78, 5) is 28.0. The molecule has 0 atom stereocenters. The van der Waals surface area contributed by atoms with Gasteiger partial charge in [-0.05, 0) is 35.6 Å². The van der Waals surface area contributed by atoms with Crippen molar-refractivity contribution in [3.63, 3.8) is 0 Å². The second-order valence-corrected chi connectivity index (χ2v) is 7.03. The van der Waals surface area contributed by atoms with Crippen molar-refractivity contribution in [2.24, 2.45) is 0 Å². The van der Waals surface area contributed by atoms with Gasteiger partial charge in [0.05, 0.1) is 10.6 Å². The Morgan fingerprint density at radius 3 is 2.85 bits per heavy atom. The predicted molar refractivity (Wildman–Crippen MR) is 103 cm³/mol. The molecule has 0 radical (unpaired) electrons. The third kappa shape index (κ3) is 3.57. The van der Waals surface area contributed by atoms with E-state index in [9.17, 15) is 4.79 Å². The Kier molecular flexibility index (Phi) is 4.88. The van der Waals surface area contributed by atoms with Gasteiger partial charge < -0.3 is 10.2 Å². The van der Waals surface area contributed by atoms with Crippen LogP contribution in [0.2, 0.25) is 0 Å². The van der Waals surface area contributed by atoms with Gasteiger partial charge >= 0.3 is 0 Å². The first-order valence-corrected chi connectivity index (χ1v) is 9.52. The molecule has 26 heavy (non-hydrogen) atoms. The number of aromatic nitrogens is 3. The third-order valence-corrected chi connectivity index (χ3v) is 5.25. The van der Waals surface area contributed by atoms with Gasteiger partial charge in [0.25, 0.3) is 0 Å². The van der Waals surface area contributed by atoms with Crippen LogP contribution >= 0.6 is 11.3 Å². The van der Waals surface area contributed by atoms with E-state index in [1.54, 1.807) is 23.7 Å². The molecule has 1 fully saturated rings. The topological polar surface area (TPSA) is 71.0 Å². The molecule has 1 aliphatic rings. The first-order chi connectivity index (χ1) is 12.8. The molecular weight excluding hydrogens is 346 g/mol. The van der Waals surface area contributed by atoms with E-state index in [4.69, 9.17) is 4.98 Å². The second-order valence-electron chi connectivity index (χ2n) is 6.08. The number of anilines is 1. The van der Waals surface area contributed by atoms with E-state index >= 15 is 0 Å². The Bertz CT molecular complexity index is 882. The third-order valence-electron chi connectivity index (χ3n) is 4.37. The largest absolute Gasteiger partial charge is 0.352 e. The summed E-state index contributed by atoms with van der Waals surface area (Å²) in [5, 5.41) is 5.29. The number of thiophene rings is 1. The molecule has 1 amide bonds. The zero-order valence-electron chi connectivity index (χ0n) is 14.3. The van der Waals surface area contributed by atoms with Crippen LogP contribution in [-0.4, -0.2) is 45.4 Å². The van der Waals surface area contributed by atoms with Gasteiger partial charge in [-0.3, -0.25) is 9.78 Å². The van der Waals surface area contributed by atoms with Gasteiger partial charge in [0, 0.05) is 50.2 Å². The van der Waals surface area contributed by atoms with Crippen LogP contribution in [0.25, 0.3) is 21.7 Å². The summed E-state index contributed by atoms with van der Waals surface area (Å²) in [7, 11) is 0. The molecule has 7 heteroatoms. The lowest BCUT2D eigenvalue weighted by atomic mass is 10.1. The second kappa shape index (κ2) is 7.61. The van der Waals surface area contributed by atoms with Gasteiger partial charge in [-0.25, -0.2) is 9.97 Å². The maximum absolute atomic E-state index is 11.7. The van der Waals surface area contributed by atoms with Gasteiger partial charge in [0.2, 0.25) is 11.9 Å². The van der Waals surface area contributed by atoms with E-state index in [1.165, 1.54) is 0 Å². The number of hydrogen-bond donors (Lipinski definition) is 1. The molecule has 0 aliphatic carbocycles. The molecule has 3 aromatic heterocycles. The Balaban J connectivity index is 1.55. The van der Waals surface area contributed by atoms with Crippen molar-refractivity contribution in [2.75, 3.05) is 25.0 Å².